The van der Waals surface area contributed by atoms with Crippen molar-refractivity contribution in [2.45, 2.75) is 44.5 Å². The lowest BCUT2D eigenvalue weighted by atomic mass is 10.00. The summed E-state index contributed by atoms with van der Waals surface area (Å²) < 4.78 is 4.05. The fraction of sp³-hybridized carbons (Fsp3) is 0.385. The average molecular weight is 478 g/mol. The molecule has 2 unspecified atom stereocenters. The molecule has 34 heavy (non-hydrogen) atoms. The molecule has 5 rings (SSSR count). The zero-order valence-electron chi connectivity index (χ0n) is 19.2. The summed E-state index contributed by atoms with van der Waals surface area (Å²) in [7, 11) is 0. The van der Waals surface area contributed by atoms with Gasteiger partial charge in [-0.1, -0.05) is 55.3 Å². The summed E-state index contributed by atoms with van der Waals surface area (Å²) in [4.78, 5) is 19.5. The van der Waals surface area contributed by atoms with Gasteiger partial charge >= 0.3 is 0 Å². The first kappa shape index (κ1) is 23.0. The van der Waals surface area contributed by atoms with E-state index in [0.717, 1.165) is 50.4 Å². The molecular weight excluding hydrogens is 446 g/mol. The van der Waals surface area contributed by atoms with E-state index < -0.39 is 6.10 Å². The van der Waals surface area contributed by atoms with E-state index >= 15 is 0 Å². The summed E-state index contributed by atoms with van der Waals surface area (Å²) in [6.07, 6.45) is 3.90. The molecular formula is C26H31N5O2S. The second kappa shape index (κ2) is 10.2. The minimum atomic E-state index is -0.626. The molecule has 1 aromatic heterocycles. The van der Waals surface area contributed by atoms with Crippen molar-refractivity contribution in [2.75, 3.05) is 23.9 Å². The first-order chi connectivity index (χ1) is 16.6. The van der Waals surface area contributed by atoms with Crippen LogP contribution >= 0.6 is 12.8 Å². The highest BCUT2D eigenvalue weighted by molar-refractivity contribution is 7.81. The van der Waals surface area contributed by atoms with Gasteiger partial charge in [-0.2, -0.15) is 0 Å². The summed E-state index contributed by atoms with van der Waals surface area (Å²) in [5.41, 5.74) is 4.17. The quantitative estimate of drug-likeness (QED) is 0.457. The molecule has 0 bridgehead atoms. The Morgan fingerprint density at radius 1 is 1.15 bits per heavy atom. The number of amides is 1. The van der Waals surface area contributed by atoms with Crippen LogP contribution in [0.15, 0.2) is 60.8 Å². The highest BCUT2D eigenvalue weighted by atomic mass is 32.1. The van der Waals surface area contributed by atoms with Crippen LogP contribution in [0, 0.1) is 0 Å². The molecule has 0 aliphatic carbocycles. The van der Waals surface area contributed by atoms with Crippen LogP contribution in [0.1, 0.15) is 33.9 Å². The van der Waals surface area contributed by atoms with Crippen LogP contribution in [0.3, 0.4) is 0 Å². The van der Waals surface area contributed by atoms with Crippen LogP contribution in [0.2, 0.25) is 0 Å². The van der Waals surface area contributed by atoms with Crippen molar-refractivity contribution >= 4 is 24.4 Å². The average Bonchev–Trinajstić information content (AvgIpc) is 3.31. The third-order valence-electron chi connectivity index (χ3n) is 6.74. The van der Waals surface area contributed by atoms with Gasteiger partial charge in [-0.15, -0.1) is 0 Å². The molecule has 7 nitrogen and oxygen atoms in total. The number of nitrogens with one attached hydrogen (secondary N) is 1. The Morgan fingerprint density at radius 3 is 2.74 bits per heavy atom. The summed E-state index contributed by atoms with van der Waals surface area (Å²) in [6, 6.07) is 18.8. The van der Waals surface area contributed by atoms with Gasteiger partial charge in [0.25, 0.3) is 5.91 Å². The summed E-state index contributed by atoms with van der Waals surface area (Å²) in [5.74, 6) is 0.677. The maximum atomic E-state index is 12.7. The van der Waals surface area contributed by atoms with Crippen molar-refractivity contribution in [3.05, 3.63) is 83.4 Å². The second-order valence-electron chi connectivity index (χ2n) is 9.19. The van der Waals surface area contributed by atoms with Crippen LogP contribution in [-0.4, -0.2) is 57.2 Å². The molecule has 2 aromatic carbocycles. The number of hydrogen-bond donors (Lipinski definition) is 3. The number of aliphatic hydroxyl groups excluding tert-OH is 1. The smallest absolute Gasteiger partial charge is 0.271 e. The Labute approximate surface area is 206 Å². The zero-order chi connectivity index (χ0) is 23.5. The van der Waals surface area contributed by atoms with Crippen molar-refractivity contribution < 1.29 is 9.90 Å². The Hall–Kier alpha value is -2.81. The molecule has 0 radical (unpaired) electrons. The highest BCUT2D eigenvalue weighted by Crippen LogP contribution is 2.26. The molecule has 3 heterocycles. The number of hydrogen-bond acceptors (Lipinski definition) is 6. The van der Waals surface area contributed by atoms with Crippen LogP contribution in [0.5, 0.6) is 0 Å². The van der Waals surface area contributed by atoms with Gasteiger partial charge in [-0.3, -0.25) is 9.69 Å². The van der Waals surface area contributed by atoms with Crippen LogP contribution < -0.4 is 9.62 Å². The summed E-state index contributed by atoms with van der Waals surface area (Å²) >= 11 is 4.72. The van der Waals surface area contributed by atoms with Crippen LogP contribution in [0.25, 0.3) is 0 Å². The number of β-amino-alcohol motifs (C(OH)–C–C–N with tert-alkyl or cyclic N) is 1. The molecule has 2 atom stereocenters. The normalized spacial score (nSPS) is 18.6. The van der Waals surface area contributed by atoms with Crippen molar-refractivity contribution in [1.29, 1.82) is 0 Å². The number of aliphatic hydroxyl groups is 1. The van der Waals surface area contributed by atoms with Crippen molar-refractivity contribution in [1.82, 2.24) is 19.8 Å². The SMILES string of the molecule is O=C(NCC(O)CN1CCc2ccccc2C1)c1cn2c(n1)CCC(N(S)c1ccccc1)C2. The zero-order valence-corrected chi connectivity index (χ0v) is 20.1. The van der Waals surface area contributed by atoms with Gasteiger partial charge in [0, 0.05) is 51.0 Å². The number of imidazole rings is 1. The van der Waals surface area contributed by atoms with E-state index in [4.69, 9.17) is 12.8 Å². The Morgan fingerprint density at radius 2 is 1.91 bits per heavy atom. The van der Waals surface area contributed by atoms with Gasteiger partial charge in [0.15, 0.2) is 0 Å². The summed E-state index contributed by atoms with van der Waals surface area (Å²) in [6.45, 7) is 3.23. The fourth-order valence-electron chi connectivity index (χ4n) is 4.90. The van der Waals surface area contributed by atoms with E-state index in [1.165, 1.54) is 11.1 Å². The van der Waals surface area contributed by atoms with Gasteiger partial charge in [0.1, 0.15) is 11.5 Å². The van der Waals surface area contributed by atoms with E-state index in [-0.39, 0.29) is 18.5 Å². The molecule has 3 aromatic rings. The van der Waals surface area contributed by atoms with Crippen LogP contribution in [0.4, 0.5) is 5.69 Å². The van der Waals surface area contributed by atoms with Crippen molar-refractivity contribution in [3.8, 4) is 0 Å². The molecule has 2 aliphatic heterocycles. The number of carbonyl (C=O) groups is 1. The van der Waals surface area contributed by atoms with Crippen molar-refractivity contribution in [2.24, 2.45) is 0 Å². The Balaban J connectivity index is 1.13. The number of anilines is 1. The van der Waals surface area contributed by atoms with Gasteiger partial charge in [0.2, 0.25) is 0 Å². The largest absolute Gasteiger partial charge is 0.390 e. The lowest BCUT2D eigenvalue weighted by molar-refractivity contribution is 0.0838. The molecule has 1 amide bonds. The van der Waals surface area contributed by atoms with Crippen LogP contribution in [-0.2, 0) is 25.9 Å². The topological polar surface area (TPSA) is 73.6 Å². The molecule has 2 N–H and O–H groups in total. The number of rotatable bonds is 7. The number of nitrogens with zero attached hydrogens (tertiary/aromatic N) is 4. The number of aromatic nitrogens is 2. The lowest BCUT2D eigenvalue weighted by Crippen LogP contribution is -2.42. The third kappa shape index (κ3) is 5.14. The maximum absolute atomic E-state index is 12.7. The monoisotopic (exact) mass is 477 g/mol. The van der Waals surface area contributed by atoms with E-state index in [2.05, 4.69) is 44.0 Å². The molecule has 178 valence electrons. The standard InChI is InChI=1S/C26H31N5O2S/c32-23(17-29-13-12-19-6-4-5-7-20(19)15-29)14-27-26(33)24-18-30-16-22(10-11-25(30)28-24)31(34)21-8-2-1-3-9-21/h1-9,18,22-23,32,34H,10-17H2,(H,27,33). The van der Waals surface area contributed by atoms with Gasteiger partial charge < -0.3 is 19.3 Å². The predicted octanol–water partition coefficient (Wildman–Crippen LogP) is 2.70. The minimum absolute atomic E-state index is 0.209. The molecule has 0 saturated heterocycles. The van der Waals surface area contributed by atoms with Gasteiger partial charge in [-0.05, 0) is 36.1 Å². The molecule has 0 saturated carbocycles. The number of para-hydroxylation sites is 1. The van der Waals surface area contributed by atoms with E-state index in [1.807, 2.05) is 40.8 Å². The lowest BCUT2D eigenvalue weighted by Gasteiger charge is -2.32. The molecule has 8 heteroatoms. The highest BCUT2D eigenvalue weighted by Gasteiger charge is 2.26. The van der Waals surface area contributed by atoms with E-state index in [9.17, 15) is 9.90 Å². The predicted molar refractivity (Wildman–Crippen MR) is 136 cm³/mol. The fourth-order valence-corrected chi connectivity index (χ4v) is 5.22. The van der Waals surface area contributed by atoms with Crippen molar-refractivity contribution in [3.63, 3.8) is 0 Å². The molecule has 2 aliphatic rings. The second-order valence-corrected chi connectivity index (χ2v) is 9.62. The molecule has 0 spiro atoms. The van der Waals surface area contributed by atoms with E-state index in [0.29, 0.717) is 12.2 Å². The number of thiol groups is 1. The minimum Gasteiger partial charge on any atom is -0.390 e. The first-order valence-corrected chi connectivity index (χ1v) is 12.3. The number of benzene rings is 2. The third-order valence-corrected chi connectivity index (χ3v) is 7.30. The Kier molecular flexibility index (Phi) is 6.89. The number of carbonyl (C=O) groups excluding carboxylic acids is 1. The maximum Gasteiger partial charge on any atom is 0.271 e. The number of aryl methyl sites for hydroxylation is 1. The van der Waals surface area contributed by atoms with E-state index in [1.54, 1.807) is 0 Å². The van der Waals surface area contributed by atoms with Gasteiger partial charge in [-0.25, -0.2) is 4.98 Å². The Bertz CT molecular complexity index is 1140. The molecule has 0 fully saturated rings. The first-order valence-electron chi connectivity index (χ1n) is 11.9. The van der Waals surface area contributed by atoms with Gasteiger partial charge in [0.05, 0.1) is 12.1 Å². The summed E-state index contributed by atoms with van der Waals surface area (Å²) in [5, 5.41) is 13.4. The number of fused-ring (bicyclic) bond motifs is 2.